The summed E-state index contributed by atoms with van der Waals surface area (Å²) in [5.41, 5.74) is 0. The van der Waals surface area contributed by atoms with Crippen molar-refractivity contribution in [1.82, 2.24) is 0 Å². The first-order valence-corrected chi connectivity index (χ1v) is 23.1. The number of aliphatic hydroxyl groups excluding tert-OH is 4. The average Bonchev–Trinajstić information content (AvgIpc) is 3.18. The summed E-state index contributed by atoms with van der Waals surface area (Å²) in [5.74, 6) is -0.418. The van der Waals surface area contributed by atoms with Gasteiger partial charge in [-0.3, -0.25) is 18.6 Å². The molecule has 0 saturated heterocycles. The summed E-state index contributed by atoms with van der Waals surface area (Å²) in [6.07, 6.45) is 31.1. The third-order valence-electron chi connectivity index (χ3n) is 9.13. The fraction of sp³-hybridized carbons (Fsp3) is 0.773. The van der Waals surface area contributed by atoms with Gasteiger partial charge in [0.2, 0.25) is 0 Å². The maximum Gasteiger partial charge on any atom is 0.472 e. The molecule has 5 N–H and O–H groups in total. The minimum absolute atomic E-state index is 0.130. The van der Waals surface area contributed by atoms with Gasteiger partial charge in [0.1, 0.15) is 12.7 Å². The molecule has 0 fully saturated rings. The number of carbonyl (C=O) groups excluding carboxylic acids is 2. The van der Waals surface area contributed by atoms with Crippen LogP contribution in [0.25, 0.3) is 0 Å². The van der Waals surface area contributed by atoms with Gasteiger partial charge in [0.25, 0.3) is 0 Å². The van der Waals surface area contributed by atoms with Crippen LogP contribution in [0.2, 0.25) is 0 Å². The Bertz CT molecular complexity index is 1140. The summed E-state index contributed by atoms with van der Waals surface area (Å²) >= 11 is 0. The van der Waals surface area contributed by atoms with Crippen molar-refractivity contribution in [2.75, 3.05) is 26.4 Å². The van der Waals surface area contributed by atoms with E-state index >= 15 is 0 Å². The molecule has 0 aliphatic heterocycles. The van der Waals surface area contributed by atoms with Crippen LogP contribution in [0.1, 0.15) is 162 Å². The quantitative estimate of drug-likeness (QED) is 0.0171. The first-order chi connectivity index (χ1) is 27.4. The van der Waals surface area contributed by atoms with E-state index in [2.05, 4.69) is 55.7 Å². The van der Waals surface area contributed by atoms with Gasteiger partial charge in [0.05, 0.1) is 32.0 Å². The second kappa shape index (κ2) is 38.1. The van der Waals surface area contributed by atoms with Crippen molar-refractivity contribution in [3.8, 4) is 0 Å². The molecule has 0 radical (unpaired) electrons. The van der Waals surface area contributed by atoms with Gasteiger partial charge >= 0.3 is 19.8 Å². The fourth-order valence-electron chi connectivity index (χ4n) is 5.68. The highest BCUT2D eigenvalue weighted by molar-refractivity contribution is 7.47. The summed E-state index contributed by atoms with van der Waals surface area (Å²) in [4.78, 5) is 35.0. The molecule has 0 aromatic heterocycles. The Hall–Kier alpha value is -2.15. The molecule has 0 bridgehead atoms. The molecule has 0 saturated carbocycles. The number of hydrogen-bond donors (Lipinski definition) is 5. The number of ether oxygens (including phenoxy) is 2. The molecular formula is C44H79O12P. The lowest BCUT2D eigenvalue weighted by Crippen LogP contribution is -2.30. The van der Waals surface area contributed by atoms with E-state index in [1.807, 2.05) is 12.2 Å². The molecule has 0 spiro atoms. The number of hydrogen-bond acceptors (Lipinski definition) is 11. The Kier molecular flexibility index (Phi) is 36.6. The fourth-order valence-corrected chi connectivity index (χ4v) is 6.47. The summed E-state index contributed by atoms with van der Waals surface area (Å²) in [7, 11) is -4.70. The molecule has 0 aromatic carbocycles. The Morgan fingerprint density at radius 1 is 0.596 bits per heavy atom. The molecule has 5 atom stereocenters. The van der Waals surface area contributed by atoms with Gasteiger partial charge in [-0.25, -0.2) is 4.57 Å². The maximum absolute atomic E-state index is 12.6. The monoisotopic (exact) mass is 831 g/mol. The van der Waals surface area contributed by atoms with Crippen molar-refractivity contribution in [2.24, 2.45) is 5.92 Å². The largest absolute Gasteiger partial charge is 0.472 e. The van der Waals surface area contributed by atoms with Gasteiger partial charge in [0, 0.05) is 12.8 Å². The molecule has 13 heteroatoms. The molecule has 332 valence electrons. The number of carbonyl (C=O) groups is 2. The van der Waals surface area contributed by atoms with E-state index < -0.39 is 70.6 Å². The van der Waals surface area contributed by atoms with Crippen molar-refractivity contribution < 1.29 is 58.0 Å². The van der Waals surface area contributed by atoms with E-state index in [-0.39, 0.29) is 32.1 Å². The smallest absolute Gasteiger partial charge is 0.462 e. The van der Waals surface area contributed by atoms with Gasteiger partial charge in [-0.2, -0.15) is 0 Å². The molecule has 57 heavy (non-hydrogen) atoms. The van der Waals surface area contributed by atoms with Gasteiger partial charge < -0.3 is 34.8 Å². The minimum Gasteiger partial charge on any atom is -0.462 e. The number of phosphoric acid groups is 1. The third kappa shape index (κ3) is 37.8. The number of rotatable bonds is 39. The molecule has 0 rings (SSSR count). The second-order valence-corrected chi connectivity index (χ2v) is 16.6. The van der Waals surface area contributed by atoms with Crippen LogP contribution in [-0.2, 0) is 32.7 Å². The summed E-state index contributed by atoms with van der Waals surface area (Å²) < 4.78 is 32.5. The maximum atomic E-state index is 12.6. The van der Waals surface area contributed by atoms with Crippen LogP contribution in [0.15, 0.2) is 48.6 Å². The minimum atomic E-state index is -4.70. The summed E-state index contributed by atoms with van der Waals surface area (Å²) in [6, 6.07) is 0. The SMILES string of the molecule is CC/C=C\C/C=C\C/C=C\C/C=C\C[C@@H](O)[C@H](O)CCCC(=O)O[C@H](COC(=O)CCCCCCCCCCCCCCC(C)C)COP(=O)(O)OC[C@@H](O)CO. The van der Waals surface area contributed by atoms with Gasteiger partial charge in [-0.05, 0) is 57.3 Å². The molecule has 0 aliphatic rings. The lowest BCUT2D eigenvalue weighted by atomic mass is 10.0. The van der Waals surface area contributed by atoms with Crippen molar-refractivity contribution in [3.05, 3.63) is 48.6 Å². The normalized spacial score (nSPS) is 15.5. The van der Waals surface area contributed by atoms with Gasteiger partial charge in [-0.15, -0.1) is 0 Å². The molecule has 0 aliphatic carbocycles. The number of allylic oxidation sites excluding steroid dienone is 7. The topological polar surface area (TPSA) is 189 Å². The number of esters is 2. The van der Waals surface area contributed by atoms with Crippen LogP contribution in [0.3, 0.4) is 0 Å². The zero-order valence-corrected chi connectivity index (χ0v) is 36.3. The molecule has 12 nitrogen and oxygen atoms in total. The Morgan fingerprint density at radius 2 is 1.09 bits per heavy atom. The lowest BCUT2D eigenvalue weighted by Gasteiger charge is -2.20. The Labute approximate surface area is 344 Å². The van der Waals surface area contributed by atoms with Crippen LogP contribution in [0.4, 0.5) is 0 Å². The zero-order chi connectivity index (χ0) is 42.4. The molecular weight excluding hydrogens is 751 g/mol. The predicted octanol–water partition coefficient (Wildman–Crippen LogP) is 9.13. The van der Waals surface area contributed by atoms with E-state index in [1.165, 1.54) is 57.8 Å². The van der Waals surface area contributed by atoms with E-state index in [0.717, 1.165) is 44.4 Å². The van der Waals surface area contributed by atoms with E-state index in [0.29, 0.717) is 12.8 Å². The van der Waals surface area contributed by atoms with Crippen molar-refractivity contribution in [2.45, 2.75) is 186 Å². The lowest BCUT2D eigenvalue weighted by molar-refractivity contribution is -0.161. The van der Waals surface area contributed by atoms with Crippen molar-refractivity contribution in [3.63, 3.8) is 0 Å². The van der Waals surface area contributed by atoms with Crippen LogP contribution in [0.5, 0.6) is 0 Å². The standard InChI is InChI=1S/C44H79O12P/c1-4-5-6-7-8-9-10-14-17-20-23-26-30-41(47)42(48)31-28-33-44(50)56-40(37-55-57(51,52)54-35-39(46)34-45)36-53-43(49)32-27-24-21-18-15-12-11-13-16-19-22-25-29-38(2)3/h5-6,8-9,14,17,23,26,38-42,45-48H,4,7,10-13,15-16,18-22,24-25,27-37H2,1-3H3,(H,51,52)/b6-5-,9-8-,17-14-,26-23-/t39-,40+,41+,42+/m0/s1. The zero-order valence-electron chi connectivity index (χ0n) is 35.4. The average molecular weight is 831 g/mol. The highest BCUT2D eigenvalue weighted by Crippen LogP contribution is 2.43. The first-order valence-electron chi connectivity index (χ1n) is 21.6. The van der Waals surface area contributed by atoms with Crippen molar-refractivity contribution >= 4 is 19.8 Å². The second-order valence-electron chi connectivity index (χ2n) is 15.1. The first kappa shape index (κ1) is 54.9. The number of phosphoric ester groups is 1. The molecule has 0 amide bonds. The predicted molar refractivity (Wildman–Crippen MR) is 226 cm³/mol. The molecule has 1 unspecified atom stereocenters. The highest BCUT2D eigenvalue weighted by Gasteiger charge is 2.27. The van der Waals surface area contributed by atoms with Crippen LogP contribution >= 0.6 is 7.82 Å². The van der Waals surface area contributed by atoms with Crippen LogP contribution < -0.4 is 0 Å². The molecule has 0 heterocycles. The van der Waals surface area contributed by atoms with Crippen LogP contribution in [-0.4, -0.2) is 88.1 Å². The van der Waals surface area contributed by atoms with Crippen LogP contribution in [0, 0.1) is 5.92 Å². The van der Waals surface area contributed by atoms with E-state index in [4.69, 9.17) is 19.1 Å². The van der Waals surface area contributed by atoms with Crippen molar-refractivity contribution in [1.29, 1.82) is 0 Å². The molecule has 0 aromatic rings. The van der Waals surface area contributed by atoms with E-state index in [9.17, 15) is 34.4 Å². The number of aliphatic hydroxyl groups is 4. The Morgan fingerprint density at radius 3 is 1.63 bits per heavy atom. The van der Waals surface area contributed by atoms with E-state index in [1.54, 1.807) is 6.08 Å². The number of unbranched alkanes of at least 4 members (excludes halogenated alkanes) is 11. The highest BCUT2D eigenvalue weighted by atomic mass is 31.2. The van der Waals surface area contributed by atoms with Gasteiger partial charge in [0.15, 0.2) is 6.10 Å². The summed E-state index contributed by atoms with van der Waals surface area (Å²) in [6.45, 7) is 4.24. The Balaban J connectivity index is 4.55. The third-order valence-corrected chi connectivity index (χ3v) is 10.1. The summed E-state index contributed by atoms with van der Waals surface area (Å²) in [5, 5.41) is 39.0. The van der Waals surface area contributed by atoms with Gasteiger partial charge in [-0.1, -0.05) is 146 Å².